The number of hydrogen-bond donors (Lipinski definition) is 1. The van der Waals surface area contributed by atoms with Crippen LogP contribution in [0.4, 0.5) is 4.39 Å². The van der Waals surface area contributed by atoms with Crippen LogP contribution in [0.15, 0.2) is 12.3 Å². The van der Waals surface area contributed by atoms with E-state index in [1.165, 1.54) is 12.3 Å². The van der Waals surface area contributed by atoms with Gasteiger partial charge in [0.25, 0.3) is 0 Å². The van der Waals surface area contributed by atoms with Gasteiger partial charge in [0, 0.05) is 24.7 Å². The molecule has 1 heterocycles. The minimum Gasteiger partial charge on any atom is -0.319 e. The first kappa shape index (κ1) is 11.0. The lowest BCUT2D eigenvalue weighted by atomic mass is 10.3. The van der Waals surface area contributed by atoms with Gasteiger partial charge in [0.15, 0.2) is 0 Å². The molecule has 0 saturated heterocycles. The number of nitrogens with one attached hydrogen (secondary N) is 1. The van der Waals surface area contributed by atoms with Gasteiger partial charge in [-0.15, -0.1) is 0 Å². The molecule has 1 rings (SSSR count). The van der Waals surface area contributed by atoms with Crippen LogP contribution >= 0.6 is 11.6 Å². The third-order valence-electron chi connectivity index (χ3n) is 1.53. The zero-order valence-corrected chi connectivity index (χ0v) is 8.53. The Balaban J connectivity index is 2.66. The summed E-state index contributed by atoms with van der Waals surface area (Å²) >= 11 is 5.54. The fourth-order valence-electron chi connectivity index (χ4n) is 0.842. The number of pyridine rings is 1. The van der Waals surface area contributed by atoms with E-state index in [1.807, 2.05) is 7.05 Å². The number of nitrogens with zero attached hydrogens (tertiary/aromatic N) is 1. The maximum atomic E-state index is 12.6. The van der Waals surface area contributed by atoms with Gasteiger partial charge in [0.05, 0.1) is 5.02 Å². The summed E-state index contributed by atoms with van der Waals surface area (Å²) in [5, 5.41) is 2.98. The number of halogens is 2. The van der Waals surface area contributed by atoms with Crippen LogP contribution in [-0.2, 0) is 0 Å². The molecule has 1 N–H and O–H groups in total. The van der Waals surface area contributed by atoms with Crippen molar-refractivity contribution in [3.63, 3.8) is 0 Å². The van der Waals surface area contributed by atoms with Crippen LogP contribution in [0.3, 0.4) is 0 Å². The Morgan fingerprint density at radius 1 is 1.64 bits per heavy atom. The lowest BCUT2D eigenvalue weighted by Gasteiger charge is -1.93. The van der Waals surface area contributed by atoms with E-state index in [9.17, 15) is 4.39 Å². The van der Waals surface area contributed by atoms with Gasteiger partial charge in [0.2, 0.25) is 5.95 Å². The van der Waals surface area contributed by atoms with Gasteiger partial charge in [0.1, 0.15) is 0 Å². The van der Waals surface area contributed by atoms with Crippen molar-refractivity contribution in [2.45, 2.75) is 6.42 Å². The summed E-state index contributed by atoms with van der Waals surface area (Å²) in [6.07, 6.45) is 2.11. The van der Waals surface area contributed by atoms with Crippen LogP contribution in [0, 0.1) is 17.8 Å². The molecule has 14 heavy (non-hydrogen) atoms. The largest absolute Gasteiger partial charge is 0.319 e. The van der Waals surface area contributed by atoms with Crippen molar-refractivity contribution >= 4 is 11.6 Å². The standard InChI is InChI=1S/C10H10ClFN2/c1-13-5-3-2-4-8-6-9(11)10(12)14-7-8/h6-7,13H,3,5H2,1H3. The highest BCUT2D eigenvalue weighted by Gasteiger charge is 1.99. The van der Waals surface area contributed by atoms with Crippen LogP contribution in [-0.4, -0.2) is 18.6 Å². The van der Waals surface area contributed by atoms with Crippen molar-refractivity contribution in [3.05, 3.63) is 28.8 Å². The van der Waals surface area contributed by atoms with Crippen LogP contribution in [0.25, 0.3) is 0 Å². The van der Waals surface area contributed by atoms with Crippen molar-refractivity contribution in [2.24, 2.45) is 0 Å². The summed E-state index contributed by atoms with van der Waals surface area (Å²) in [5.41, 5.74) is 0.632. The molecule has 0 bridgehead atoms. The maximum absolute atomic E-state index is 12.6. The summed E-state index contributed by atoms with van der Waals surface area (Å²) in [4.78, 5) is 3.46. The Hall–Kier alpha value is -1.11. The van der Waals surface area contributed by atoms with Gasteiger partial charge in [-0.3, -0.25) is 0 Å². The number of rotatable bonds is 2. The van der Waals surface area contributed by atoms with E-state index in [0.717, 1.165) is 13.0 Å². The third kappa shape index (κ3) is 3.33. The van der Waals surface area contributed by atoms with Gasteiger partial charge in [-0.2, -0.15) is 4.39 Å². The van der Waals surface area contributed by atoms with Gasteiger partial charge >= 0.3 is 0 Å². The summed E-state index contributed by atoms with van der Waals surface area (Å²) in [6.45, 7) is 0.829. The first-order chi connectivity index (χ1) is 6.74. The van der Waals surface area contributed by atoms with Crippen LogP contribution < -0.4 is 5.32 Å². The highest BCUT2D eigenvalue weighted by Crippen LogP contribution is 2.12. The lowest BCUT2D eigenvalue weighted by Crippen LogP contribution is -2.05. The molecule has 0 amide bonds. The highest BCUT2D eigenvalue weighted by molar-refractivity contribution is 6.30. The SMILES string of the molecule is CNCCC#Cc1cnc(F)c(Cl)c1. The molecule has 0 aromatic carbocycles. The van der Waals surface area contributed by atoms with Crippen molar-refractivity contribution in [1.29, 1.82) is 0 Å². The second-order valence-electron chi connectivity index (χ2n) is 2.65. The fraction of sp³-hybridized carbons (Fsp3) is 0.300. The van der Waals surface area contributed by atoms with E-state index in [1.54, 1.807) is 0 Å². The number of aromatic nitrogens is 1. The monoisotopic (exact) mass is 212 g/mol. The smallest absolute Gasteiger partial charge is 0.231 e. The molecule has 0 aliphatic carbocycles. The van der Waals surface area contributed by atoms with E-state index in [2.05, 4.69) is 22.1 Å². The van der Waals surface area contributed by atoms with Gasteiger partial charge in [-0.1, -0.05) is 23.4 Å². The maximum Gasteiger partial charge on any atom is 0.231 e. The lowest BCUT2D eigenvalue weighted by molar-refractivity contribution is 0.584. The first-order valence-corrected chi connectivity index (χ1v) is 4.56. The Bertz CT molecular complexity index is 368. The number of hydrogen-bond acceptors (Lipinski definition) is 2. The van der Waals surface area contributed by atoms with E-state index >= 15 is 0 Å². The molecule has 0 atom stereocenters. The molecule has 0 radical (unpaired) electrons. The minimum absolute atomic E-state index is 0.00502. The Labute approximate surface area is 87.5 Å². The summed E-state index contributed by atoms with van der Waals surface area (Å²) in [7, 11) is 1.86. The predicted octanol–water partition coefficient (Wildman–Crippen LogP) is 1.84. The zero-order chi connectivity index (χ0) is 10.4. The first-order valence-electron chi connectivity index (χ1n) is 4.18. The van der Waals surface area contributed by atoms with Crippen molar-refractivity contribution in [1.82, 2.24) is 10.3 Å². The molecule has 4 heteroatoms. The van der Waals surface area contributed by atoms with Crippen LogP contribution in [0.5, 0.6) is 0 Å². The molecule has 0 aliphatic rings. The van der Waals surface area contributed by atoms with Crippen molar-refractivity contribution in [2.75, 3.05) is 13.6 Å². The molecule has 1 aromatic heterocycles. The van der Waals surface area contributed by atoms with E-state index in [-0.39, 0.29) is 5.02 Å². The second kappa shape index (κ2) is 5.58. The van der Waals surface area contributed by atoms with Crippen LogP contribution in [0.1, 0.15) is 12.0 Å². The molecular formula is C10H10ClFN2. The van der Waals surface area contributed by atoms with Gasteiger partial charge in [-0.05, 0) is 13.1 Å². The topological polar surface area (TPSA) is 24.9 Å². The van der Waals surface area contributed by atoms with Gasteiger partial charge < -0.3 is 5.32 Å². The zero-order valence-electron chi connectivity index (χ0n) is 7.77. The average molecular weight is 213 g/mol. The Morgan fingerprint density at radius 3 is 3.07 bits per heavy atom. The van der Waals surface area contributed by atoms with E-state index in [0.29, 0.717) is 5.56 Å². The normalized spacial score (nSPS) is 9.36. The molecule has 0 saturated carbocycles. The summed E-state index contributed by atoms with van der Waals surface area (Å²) in [6, 6.07) is 1.47. The molecular weight excluding hydrogens is 203 g/mol. The molecule has 0 spiro atoms. The van der Waals surface area contributed by atoms with Gasteiger partial charge in [-0.25, -0.2) is 4.98 Å². The molecule has 2 nitrogen and oxygen atoms in total. The predicted molar refractivity (Wildman–Crippen MR) is 54.6 cm³/mol. The molecule has 0 unspecified atom stereocenters. The van der Waals surface area contributed by atoms with Crippen LogP contribution in [0.2, 0.25) is 5.02 Å². The average Bonchev–Trinajstić information content (AvgIpc) is 2.18. The quantitative estimate of drug-likeness (QED) is 0.460. The second-order valence-corrected chi connectivity index (χ2v) is 3.06. The molecule has 1 aromatic rings. The van der Waals surface area contributed by atoms with Crippen molar-refractivity contribution < 1.29 is 4.39 Å². The van der Waals surface area contributed by atoms with E-state index in [4.69, 9.17) is 11.6 Å². The molecule has 74 valence electrons. The minimum atomic E-state index is -0.660. The third-order valence-corrected chi connectivity index (χ3v) is 1.79. The molecule has 0 fully saturated rings. The fourth-order valence-corrected chi connectivity index (χ4v) is 1.01. The van der Waals surface area contributed by atoms with E-state index < -0.39 is 5.95 Å². The summed E-state index contributed by atoms with van der Waals surface area (Å²) in [5.74, 6) is 5.10. The summed E-state index contributed by atoms with van der Waals surface area (Å²) < 4.78 is 12.6. The Morgan fingerprint density at radius 2 is 2.43 bits per heavy atom. The molecule has 0 aliphatic heterocycles. The highest BCUT2D eigenvalue weighted by atomic mass is 35.5. The van der Waals surface area contributed by atoms with Crippen molar-refractivity contribution in [3.8, 4) is 11.8 Å². The Kier molecular flexibility index (Phi) is 4.37.